The van der Waals surface area contributed by atoms with Crippen LogP contribution in [0.5, 0.6) is 0 Å². The monoisotopic (exact) mass is 277 g/mol. The standard InChI is InChI=1S/C11H8F5N3/c1-4-9(19-17)8-6(13)2-5(12)3-7(8)18-10(4)11(14,15)16/h2-3H,17H2,1H3,(H,18,19). The molecule has 0 aliphatic carbocycles. The molecule has 3 nitrogen and oxygen atoms in total. The Hall–Kier alpha value is -1.96. The van der Waals surface area contributed by atoms with Crippen molar-refractivity contribution in [2.45, 2.75) is 13.1 Å². The lowest BCUT2D eigenvalue weighted by atomic mass is 10.1. The molecule has 1 heterocycles. The van der Waals surface area contributed by atoms with Crippen LogP contribution in [0.25, 0.3) is 10.9 Å². The highest BCUT2D eigenvalue weighted by Crippen LogP contribution is 2.37. The van der Waals surface area contributed by atoms with E-state index in [1.807, 2.05) is 5.43 Å². The number of hydrazine groups is 1. The van der Waals surface area contributed by atoms with Crippen LogP contribution in [-0.2, 0) is 6.18 Å². The fraction of sp³-hybridized carbons (Fsp3) is 0.182. The van der Waals surface area contributed by atoms with Gasteiger partial charge in [0.1, 0.15) is 17.3 Å². The summed E-state index contributed by atoms with van der Waals surface area (Å²) in [6.07, 6.45) is -4.74. The molecule has 0 unspecified atom stereocenters. The van der Waals surface area contributed by atoms with Crippen LogP contribution in [0.3, 0.4) is 0 Å². The Morgan fingerprint density at radius 1 is 1.21 bits per heavy atom. The number of nitrogens with zero attached hydrogens (tertiary/aromatic N) is 1. The van der Waals surface area contributed by atoms with Gasteiger partial charge in [-0.25, -0.2) is 13.8 Å². The molecule has 19 heavy (non-hydrogen) atoms. The number of nitrogens with one attached hydrogen (secondary N) is 1. The minimum atomic E-state index is -4.74. The maximum absolute atomic E-state index is 13.6. The fourth-order valence-electron chi connectivity index (χ4n) is 1.86. The molecule has 0 radical (unpaired) electrons. The molecule has 102 valence electrons. The Kier molecular flexibility index (Phi) is 3.05. The van der Waals surface area contributed by atoms with E-state index in [2.05, 4.69) is 4.98 Å². The Labute approximate surface area is 104 Å². The normalized spacial score (nSPS) is 11.9. The van der Waals surface area contributed by atoms with Gasteiger partial charge in [-0.2, -0.15) is 13.2 Å². The molecule has 0 saturated carbocycles. The van der Waals surface area contributed by atoms with Gasteiger partial charge in [-0.15, -0.1) is 0 Å². The molecular weight excluding hydrogens is 269 g/mol. The summed E-state index contributed by atoms with van der Waals surface area (Å²) in [5.74, 6) is 3.08. The molecule has 2 rings (SSSR count). The maximum atomic E-state index is 13.6. The average Bonchev–Trinajstić information content (AvgIpc) is 2.27. The van der Waals surface area contributed by atoms with Gasteiger partial charge >= 0.3 is 6.18 Å². The van der Waals surface area contributed by atoms with Gasteiger partial charge in [0.15, 0.2) is 0 Å². The number of rotatable bonds is 1. The molecule has 8 heteroatoms. The molecule has 0 bridgehead atoms. The lowest BCUT2D eigenvalue weighted by Crippen LogP contribution is -2.16. The largest absolute Gasteiger partial charge is 0.433 e. The first-order valence-electron chi connectivity index (χ1n) is 5.09. The summed E-state index contributed by atoms with van der Waals surface area (Å²) < 4.78 is 65.0. The third-order valence-corrected chi connectivity index (χ3v) is 2.66. The SMILES string of the molecule is Cc1c(C(F)(F)F)nc2cc(F)cc(F)c2c1NN. The molecule has 0 saturated heterocycles. The zero-order valence-electron chi connectivity index (χ0n) is 9.57. The van der Waals surface area contributed by atoms with Crippen LogP contribution in [-0.4, -0.2) is 4.98 Å². The van der Waals surface area contributed by atoms with Crippen LogP contribution in [0.15, 0.2) is 12.1 Å². The minimum Gasteiger partial charge on any atom is -0.323 e. The van der Waals surface area contributed by atoms with Crippen LogP contribution in [0.2, 0.25) is 0 Å². The number of hydrogen-bond donors (Lipinski definition) is 2. The number of hydrogen-bond acceptors (Lipinski definition) is 3. The van der Waals surface area contributed by atoms with Gasteiger partial charge in [0, 0.05) is 17.7 Å². The molecule has 0 aliphatic rings. The summed E-state index contributed by atoms with van der Waals surface area (Å²) >= 11 is 0. The smallest absolute Gasteiger partial charge is 0.323 e. The quantitative estimate of drug-likeness (QED) is 0.478. The molecule has 0 fully saturated rings. The van der Waals surface area contributed by atoms with Gasteiger partial charge in [-0.1, -0.05) is 0 Å². The third-order valence-electron chi connectivity index (χ3n) is 2.66. The topological polar surface area (TPSA) is 50.9 Å². The number of nitrogen functional groups attached to an aromatic ring is 1. The maximum Gasteiger partial charge on any atom is 0.433 e. The first-order valence-corrected chi connectivity index (χ1v) is 5.09. The van der Waals surface area contributed by atoms with Crippen molar-refractivity contribution < 1.29 is 22.0 Å². The van der Waals surface area contributed by atoms with Gasteiger partial charge in [-0.05, 0) is 6.92 Å². The summed E-state index contributed by atoms with van der Waals surface area (Å²) in [4.78, 5) is 3.28. The summed E-state index contributed by atoms with van der Waals surface area (Å²) in [5.41, 5.74) is -0.307. The molecule has 1 aromatic heterocycles. The lowest BCUT2D eigenvalue weighted by Gasteiger charge is -2.16. The number of halogens is 5. The van der Waals surface area contributed by atoms with E-state index < -0.39 is 29.0 Å². The number of aromatic nitrogens is 1. The highest BCUT2D eigenvalue weighted by molar-refractivity contribution is 5.93. The van der Waals surface area contributed by atoms with Gasteiger partial charge in [0.05, 0.1) is 16.6 Å². The highest BCUT2D eigenvalue weighted by Gasteiger charge is 2.36. The number of alkyl halides is 3. The first-order chi connectivity index (χ1) is 8.75. The second-order valence-electron chi connectivity index (χ2n) is 3.88. The van der Waals surface area contributed by atoms with E-state index in [4.69, 9.17) is 5.84 Å². The van der Waals surface area contributed by atoms with Crippen molar-refractivity contribution in [3.8, 4) is 0 Å². The zero-order chi connectivity index (χ0) is 14.4. The van der Waals surface area contributed by atoms with E-state index in [1.165, 1.54) is 0 Å². The third kappa shape index (κ3) is 2.19. The van der Waals surface area contributed by atoms with Gasteiger partial charge in [0.25, 0.3) is 0 Å². The van der Waals surface area contributed by atoms with Crippen LogP contribution in [0.1, 0.15) is 11.3 Å². The molecule has 0 spiro atoms. The predicted octanol–water partition coefficient (Wildman–Crippen LogP) is 3.13. The van der Waals surface area contributed by atoms with Crippen molar-refractivity contribution in [1.82, 2.24) is 4.98 Å². The van der Waals surface area contributed by atoms with Crippen molar-refractivity contribution >= 4 is 16.6 Å². The molecule has 2 aromatic rings. The number of fused-ring (bicyclic) bond motifs is 1. The molecule has 0 amide bonds. The van der Waals surface area contributed by atoms with Crippen molar-refractivity contribution in [3.05, 3.63) is 35.0 Å². The van der Waals surface area contributed by atoms with Gasteiger partial charge in [0.2, 0.25) is 0 Å². The Bertz CT molecular complexity index is 651. The van der Waals surface area contributed by atoms with Crippen molar-refractivity contribution in [2.24, 2.45) is 5.84 Å². The summed E-state index contributed by atoms with van der Waals surface area (Å²) in [7, 11) is 0. The number of anilines is 1. The zero-order valence-corrected chi connectivity index (χ0v) is 9.57. The predicted molar refractivity (Wildman–Crippen MR) is 59.2 cm³/mol. The highest BCUT2D eigenvalue weighted by atomic mass is 19.4. The van der Waals surface area contributed by atoms with E-state index in [-0.39, 0.29) is 16.6 Å². The van der Waals surface area contributed by atoms with Crippen LogP contribution >= 0.6 is 0 Å². The van der Waals surface area contributed by atoms with E-state index in [1.54, 1.807) is 0 Å². The number of nitrogens with two attached hydrogens (primary N) is 1. The van der Waals surface area contributed by atoms with E-state index in [0.29, 0.717) is 12.1 Å². The van der Waals surface area contributed by atoms with Crippen LogP contribution in [0.4, 0.5) is 27.6 Å². The molecule has 0 atom stereocenters. The molecular formula is C11H8F5N3. The van der Waals surface area contributed by atoms with Gasteiger partial charge < -0.3 is 5.43 Å². The molecule has 0 aliphatic heterocycles. The second-order valence-corrected chi connectivity index (χ2v) is 3.88. The molecule has 1 aromatic carbocycles. The van der Waals surface area contributed by atoms with Crippen molar-refractivity contribution in [2.75, 3.05) is 5.43 Å². The van der Waals surface area contributed by atoms with Gasteiger partial charge in [-0.3, -0.25) is 5.84 Å². The first kappa shape index (κ1) is 13.5. The van der Waals surface area contributed by atoms with Crippen molar-refractivity contribution in [3.63, 3.8) is 0 Å². The Morgan fingerprint density at radius 3 is 2.37 bits per heavy atom. The van der Waals surface area contributed by atoms with Crippen LogP contribution < -0.4 is 11.3 Å². The molecule has 3 N–H and O–H groups in total. The summed E-state index contributed by atoms with van der Waals surface area (Å²) in [6.45, 7) is 1.10. The number of pyridine rings is 1. The minimum absolute atomic E-state index is 0.269. The van der Waals surface area contributed by atoms with E-state index in [0.717, 1.165) is 6.92 Å². The summed E-state index contributed by atoms with van der Waals surface area (Å²) in [6, 6.07) is 1.27. The average molecular weight is 277 g/mol. The lowest BCUT2D eigenvalue weighted by molar-refractivity contribution is -0.141. The van der Waals surface area contributed by atoms with Crippen LogP contribution in [0, 0.1) is 18.6 Å². The summed E-state index contributed by atoms with van der Waals surface area (Å²) in [5, 5.41) is -0.283. The van der Waals surface area contributed by atoms with E-state index >= 15 is 0 Å². The fourth-order valence-corrected chi connectivity index (χ4v) is 1.86. The number of benzene rings is 1. The Morgan fingerprint density at radius 2 is 1.84 bits per heavy atom. The second kappa shape index (κ2) is 4.30. The Balaban J connectivity index is 2.95. The van der Waals surface area contributed by atoms with E-state index in [9.17, 15) is 22.0 Å². The van der Waals surface area contributed by atoms with Crippen molar-refractivity contribution in [1.29, 1.82) is 0 Å².